The molecule has 1 aliphatic heterocycles. The quantitative estimate of drug-likeness (QED) is 0.770. The summed E-state index contributed by atoms with van der Waals surface area (Å²) < 4.78 is 16.7. The second-order valence-corrected chi connectivity index (χ2v) is 7.89. The highest BCUT2D eigenvalue weighted by Crippen LogP contribution is 2.45. The molecule has 1 aliphatic rings. The zero-order valence-electron chi connectivity index (χ0n) is 16.4. The number of methoxy groups -OCH3 is 2. The van der Waals surface area contributed by atoms with Crippen molar-refractivity contribution in [1.29, 1.82) is 0 Å². The largest absolute Gasteiger partial charge is 0.493 e. The molecule has 1 N–H and O–H groups in total. The number of carbonyl (C=O) groups is 1. The Labute approximate surface area is 169 Å². The molecule has 0 saturated heterocycles. The van der Waals surface area contributed by atoms with Crippen LogP contribution in [0.4, 0.5) is 10.5 Å². The molecule has 2 aromatic carbocycles. The van der Waals surface area contributed by atoms with Gasteiger partial charge in [0.2, 0.25) is 0 Å². The summed E-state index contributed by atoms with van der Waals surface area (Å²) in [7, 11) is 3.10. The lowest BCUT2D eigenvalue weighted by Crippen LogP contribution is -2.44. The first kappa shape index (κ1) is 20.3. The zero-order chi connectivity index (χ0) is 20.5. The van der Waals surface area contributed by atoms with Crippen molar-refractivity contribution in [2.75, 3.05) is 32.3 Å². The van der Waals surface area contributed by atoms with Crippen molar-refractivity contribution in [3.63, 3.8) is 0 Å². The minimum Gasteiger partial charge on any atom is -0.493 e. The van der Waals surface area contributed by atoms with Crippen LogP contribution in [-0.4, -0.2) is 38.6 Å². The topological polar surface area (TPSA) is 68.2 Å². The van der Waals surface area contributed by atoms with Crippen LogP contribution in [0, 0.1) is 5.41 Å². The Morgan fingerprint density at radius 3 is 2.57 bits per heavy atom. The zero-order valence-corrected chi connectivity index (χ0v) is 17.1. The fourth-order valence-electron chi connectivity index (χ4n) is 3.28. The lowest BCUT2D eigenvalue weighted by atomic mass is 9.92. The van der Waals surface area contributed by atoms with Crippen molar-refractivity contribution >= 4 is 23.4 Å². The van der Waals surface area contributed by atoms with Gasteiger partial charge in [0.25, 0.3) is 0 Å². The first-order valence-corrected chi connectivity index (χ1v) is 9.28. The number of ether oxygens (including phenoxy) is 3. The summed E-state index contributed by atoms with van der Waals surface area (Å²) in [6.45, 7) is 4.01. The van der Waals surface area contributed by atoms with Crippen LogP contribution >= 0.6 is 11.6 Å². The van der Waals surface area contributed by atoms with Gasteiger partial charge in [-0.05, 0) is 24.3 Å². The summed E-state index contributed by atoms with van der Waals surface area (Å²) >= 11 is 6.25. The van der Waals surface area contributed by atoms with Crippen molar-refractivity contribution in [2.45, 2.75) is 20.0 Å². The highest BCUT2D eigenvalue weighted by Gasteiger charge is 2.38. The average Bonchev–Trinajstić information content (AvgIpc) is 2.69. The van der Waals surface area contributed by atoms with Crippen molar-refractivity contribution in [1.82, 2.24) is 0 Å². The molecule has 0 radical (unpaired) electrons. The molecule has 28 heavy (non-hydrogen) atoms. The number of rotatable bonds is 6. The van der Waals surface area contributed by atoms with Gasteiger partial charge in [-0.2, -0.15) is 0 Å². The highest BCUT2D eigenvalue weighted by molar-refractivity contribution is 6.30. The van der Waals surface area contributed by atoms with Crippen molar-refractivity contribution in [2.24, 2.45) is 5.41 Å². The molecule has 1 heterocycles. The van der Waals surface area contributed by atoms with Gasteiger partial charge in [-0.25, -0.2) is 4.79 Å². The molecule has 1 atom stereocenters. The number of hydrogen-bond acceptors (Lipinski definition) is 5. The fourth-order valence-corrected chi connectivity index (χ4v) is 3.47. The SMILES string of the molecule is COc1cccc([C@H]2OC(=O)N(CC(C)(C)CO)c3ccc(Cl)cc32)c1OC. The van der Waals surface area contributed by atoms with Crippen molar-refractivity contribution in [3.05, 3.63) is 52.5 Å². The number of para-hydroxylation sites is 1. The molecule has 0 spiro atoms. The molecule has 3 rings (SSSR count). The summed E-state index contributed by atoms with van der Waals surface area (Å²) in [5.74, 6) is 1.04. The van der Waals surface area contributed by atoms with E-state index in [0.717, 1.165) is 5.56 Å². The van der Waals surface area contributed by atoms with Crippen LogP contribution in [0.25, 0.3) is 0 Å². The molecule has 0 aliphatic carbocycles. The first-order valence-electron chi connectivity index (χ1n) is 8.90. The van der Waals surface area contributed by atoms with E-state index in [1.807, 2.05) is 26.0 Å². The summed E-state index contributed by atoms with van der Waals surface area (Å²) in [4.78, 5) is 14.4. The van der Waals surface area contributed by atoms with Gasteiger partial charge < -0.3 is 19.3 Å². The van der Waals surface area contributed by atoms with E-state index in [-0.39, 0.29) is 6.61 Å². The Kier molecular flexibility index (Phi) is 5.72. The van der Waals surface area contributed by atoms with Crippen LogP contribution in [0.5, 0.6) is 11.5 Å². The van der Waals surface area contributed by atoms with E-state index in [9.17, 15) is 9.90 Å². The number of nitrogens with zero attached hydrogens (tertiary/aromatic N) is 1. The number of halogens is 1. The number of cyclic esters (lactones) is 1. The Morgan fingerprint density at radius 2 is 1.93 bits per heavy atom. The molecule has 150 valence electrons. The number of aliphatic hydroxyl groups excluding tert-OH is 1. The molecule has 0 aromatic heterocycles. The maximum absolute atomic E-state index is 12.9. The Balaban J connectivity index is 2.13. The Hall–Kier alpha value is -2.44. The minimum absolute atomic E-state index is 0.0627. The fraction of sp³-hybridized carbons (Fsp3) is 0.381. The maximum Gasteiger partial charge on any atom is 0.415 e. The molecule has 6 nitrogen and oxygen atoms in total. The lowest BCUT2D eigenvalue weighted by molar-refractivity contribution is 0.107. The van der Waals surface area contributed by atoms with Gasteiger partial charge in [-0.1, -0.05) is 37.6 Å². The predicted octanol–water partition coefficient (Wildman–Crippen LogP) is 4.42. The van der Waals surface area contributed by atoms with E-state index >= 15 is 0 Å². The average molecular weight is 406 g/mol. The van der Waals surface area contributed by atoms with Gasteiger partial charge in [0.15, 0.2) is 17.6 Å². The third-order valence-corrected chi connectivity index (χ3v) is 4.97. The summed E-state index contributed by atoms with van der Waals surface area (Å²) in [6.07, 6.45) is -1.19. The molecule has 0 unspecified atom stereocenters. The number of hydrogen-bond donors (Lipinski definition) is 1. The smallest absolute Gasteiger partial charge is 0.415 e. The molecule has 0 saturated carbocycles. The monoisotopic (exact) mass is 405 g/mol. The Bertz CT molecular complexity index is 883. The van der Waals surface area contributed by atoms with E-state index in [1.165, 1.54) is 4.90 Å². The normalized spacial score (nSPS) is 16.4. The molecule has 2 aromatic rings. The highest BCUT2D eigenvalue weighted by atomic mass is 35.5. The van der Waals surface area contributed by atoms with Gasteiger partial charge in [-0.15, -0.1) is 0 Å². The van der Waals surface area contributed by atoms with Gasteiger partial charge in [0, 0.05) is 34.7 Å². The van der Waals surface area contributed by atoms with Gasteiger partial charge >= 0.3 is 6.09 Å². The molecule has 7 heteroatoms. The van der Waals surface area contributed by atoms with E-state index in [2.05, 4.69) is 0 Å². The number of fused-ring (bicyclic) bond motifs is 1. The number of aliphatic hydroxyl groups is 1. The van der Waals surface area contributed by atoms with Gasteiger partial charge in [0.05, 0.1) is 19.9 Å². The molecule has 1 amide bonds. The minimum atomic E-state index is -0.695. The molecular weight excluding hydrogens is 382 g/mol. The second-order valence-electron chi connectivity index (χ2n) is 7.46. The van der Waals surface area contributed by atoms with Crippen LogP contribution in [-0.2, 0) is 4.74 Å². The summed E-state index contributed by atoms with van der Waals surface area (Å²) in [5.41, 5.74) is 1.61. The number of anilines is 1. The third kappa shape index (κ3) is 3.75. The lowest BCUT2D eigenvalue weighted by Gasteiger charge is -2.38. The maximum atomic E-state index is 12.9. The van der Waals surface area contributed by atoms with Crippen LogP contribution in [0.15, 0.2) is 36.4 Å². The molecule has 0 fully saturated rings. The van der Waals surface area contributed by atoms with Gasteiger partial charge in [0.1, 0.15) is 0 Å². The second kappa shape index (κ2) is 7.89. The standard InChI is InChI=1S/C21H24ClNO5/c1-21(2,12-24)11-23-16-9-8-13(22)10-15(16)18(28-20(23)25)14-6-5-7-17(26-3)19(14)27-4/h5-10,18,24H,11-12H2,1-4H3/t18-/m1/s1. The predicted molar refractivity (Wildman–Crippen MR) is 108 cm³/mol. The van der Waals surface area contributed by atoms with E-state index < -0.39 is 17.6 Å². The van der Waals surface area contributed by atoms with Crippen LogP contribution in [0.2, 0.25) is 5.02 Å². The third-order valence-electron chi connectivity index (χ3n) is 4.73. The summed E-state index contributed by atoms with van der Waals surface area (Å²) in [5, 5.41) is 10.2. The number of carbonyl (C=O) groups excluding carboxylic acids is 1. The van der Waals surface area contributed by atoms with Crippen molar-refractivity contribution in [3.8, 4) is 11.5 Å². The van der Waals surface area contributed by atoms with Crippen LogP contribution in [0.3, 0.4) is 0 Å². The van der Waals surface area contributed by atoms with Gasteiger partial charge in [-0.3, -0.25) is 4.90 Å². The first-order chi connectivity index (χ1) is 13.3. The number of amides is 1. The van der Waals surface area contributed by atoms with E-state index in [0.29, 0.717) is 34.3 Å². The van der Waals surface area contributed by atoms with E-state index in [1.54, 1.807) is 38.5 Å². The van der Waals surface area contributed by atoms with Crippen molar-refractivity contribution < 1.29 is 24.1 Å². The van der Waals surface area contributed by atoms with Crippen LogP contribution < -0.4 is 14.4 Å². The number of benzene rings is 2. The molecule has 0 bridgehead atoms. The Morgan fingerprint density at radius 1 is 1.18 bits per heavy atom. The molecular formula is C21H24ClNO5. The van der Waals surface area contributed by atoms with E-state index in [4.69, 9.17) is 25.8 Å². The van der Waals surface area contributed by atoms with Crippen LogP contribution in [0.1, 0.15) is 31.1 Å². The summed E-state index contributed by atoms with van der Waals surface area (Å²) in [6, 6.07) is 10.7.